The van der Waals surface area contributed by atoms with Crippen molar-refractivity contribution in [2.75, 3.05) is 23.4 Å². The number of ether oxygens (including phenoxy) is 2. The van der Waals surface area contributed by atoms with Crippen molar-refractivity contribution in [1.29, 1.82) is 0 Å². The summed E-state index contributed by atoms with van der Waals surface area (Å²) in [7, 11) is 0. The molecule has 0 radical (unpaired) electrons. The molecule has 4 atom stereocenters. The summed E-state index contributed by atoms with van der Waals surface area (Å²) < 4.78 is 11.3. The van der Waals surface area contributed by atoms with E-state index in [9.17, 15) is 24.6 Å². The first-order valence-corrected chi connectivity index (χ1v) is 13.3. The van der Waals surface area contributed by atoms with E-state index in [1.165, 1.54) is 12.1 Å². The van der Waals surface area contributed by atoms with Crippen molar-refractivity contribution in [2.45, 2.75) is 31.3 Å². The van der Waals surface area contributed by atoms with Gasteiger partial charge in [0.15, 0.2) is 23.0 Å². The quantitative estimate of drug-likeness (QED) is 0.292. The van der Waals surface area contributed by atoms with Crippen LogP contribution in [-0.2, 0) is 32.8 Å². The first-order valence-electron chi connectivity index (χ1n) is 13.3. The van der Waals surface area contributed by atoms with E-state index in [0.717, 1.165) is 16.9 Å². The highest BCUT2D eigenvalue weighted by Crippen LogP contribution is 2.54. The van der Waals surface area contributed by atoms with E-state index in [-0.39, 0.29) is 23.8 Å². The molecule has 1 spiro atoms. The van der Waals surface area contributed by atoms with E-state index in [1.807, 2.05) is 25.1 Å². The lowest BCUT2D eigenvalue weighted by molar-refractivity contribution is -0.130. The molecule has 3 amide bonds. The molecule has 10 heteroatoms. The number of imide groups is 1. The van der Waals surface area contributed by atoms with Gasteiger partial charge in [-0.1, -0.05) is 25.1 Å². The molecule has 4 unspecified atom stereocenters. The van der Waals surface area contributed by atoms with Gasteiger partial charge in [-0.15, -0.1) is 0 Å². The van der Waals surface area contributed by atoms with Crippen molar-refractivity contribution in [3.63, 3.8) is 0 Å². The molecule has 3 aromatic carbocycles. The molecule has 7 rings (SSSR count). The third kappa shape index (κ3) is 3.35. The average molecular weight is 542 g/mol. The van der Waals surface area contributed by atoms with Crippen LogP contribution in [0.1, 0.15) is 23.6 Å². The molecular weight excluding hydrogens is 514 g/mol. The number of nitrogens with one attached hydrogen (secondary N) is 2. The maximum atomic E-state index is 14.3. The van der Waals surface area contributed by atoms with Gasteiger partial charge in [0.25, 0.3) is 0 Å². The number of benzene rings is 3. The Balaban J connectivity index is 1.36. The lowest BCUT2D eigenvalue weighted by Crippen LogP contribution is -2.53. The lowest BCUT2D eigenvalue weighted by Gasteiger charge is -2.30. The molecule has 2 saturated heterocycles. The van der Waals surface area contributed by atoms with Crippen molar-refractivity contribution >= 4 is 29.1 Å². The van der Waals surface area contributed by atoms with Crippen LogP contribution in [0.5, 0.6) is 23.0 Å². The number of anilines is 2. The molecule has 4 N–H and O–H groups in total. The predicted molar refractivity (Wildman–Crippen MR) is 143 cm³/mol. The Morgan fingerprint density at radius 3 is 2.45 bits per heavy atom. The molecule has 10 nitrogen and oxygen atoms in total. The topological polar surface area (TPSA) is 137 Å². The number of fused-ring (bicyclic) bond motifs is 5. The van der Waals surface area contributed by atoms with Crippen LogP contribution in [0.25, 0.3) is 0 Å². The maximum Gasteiger partial charge on any atom is 0.250 e. The lowest BCUT2D eigenvalue weighted by atomic mass is 9.76. The molecule has 0 aromatic heterocycles. The fourth-order valence-electron chi connectivity index (χ4n) is 6.62. The van der Waals surface area contributed by atoms with E-state index in [0.29, 0.717) is 47.2 Å². The first kappa shape index (κ1) is 24.5. The minimum Gasteiger partial charge on any atom is -0.504 e. The zero-order valence-electron chi connectivity index (χ0n) is 21.6. The van der Waals surface area contributed by atoms with E-state index in [1.54, 1.807) is 24.3 Å². The molecule has 0 bridgehead atoms. The largest absolute Gasteiger partial charge is 0.504 e. The number of hydrogen-bond donors (Lipinski definition) is 4. The second-order valence-electron chi connectivity index (χ2n) is 10.6. The van der Waals surface area contributed by atoms with Crippen LogP contribution in [-0.4, -0.2) is 47.2 Å². The van der Waals surface area contributed by atoms with Gasteiger partial charge in [-0.2, -0.15) is 0 Å². The molecule has 40 heavy (non-hydrogen) atoms. The number of aryl methyl sites for hydroxylation is 1. The van der Waals surface area contributed by atoms with E-state index >= 15 is 0 Å². The Morgan fingerprint density at radius 1 is 0.900 bits per heavy atom. The number of phenolic OH excluding ortho intramolecular Hbond substituents is 2. The summed E-state index contributed by atoms with van der Waals surface area (Å²) in [6.45, 7) is 2.78. The van der Waals surface area contributed by atoms with Crippen LogP contribution >= 0.6 is 0 Å². The summed E-state index contributed by atoms with van der Waals surface area (Å²) in [5.74, 6) is -2.70. The van der Waals surface area contributed by atoms with Gasteiger partial charge in [-0.25, -0.2) is 4.90 Å². The average Bonchev–Trinajstić information content (AvgIpc) is 3.54. The number of amides is 3. The van der Waals surface area contributed by atoms with Crippen LogP contribution in [0.15, 0.2) is 54.6 Å². The van der Waals surface area contributed by atoms with Crippen molar-refractivity contribution in [3.05, 3.63) is 71.3 Å². The van der Waals surface area contributed by atoms with Gasteiger partial charge >= 0.3 is 0 Å². The summed E-state index contributed by atoms with van der Waals surface area (Å²) in [6.07, 6.45) is 0.971. The Labute approximate surface area is 229 Å². The third-order valence-electron chi connectivity index (χ3n) is 8.47. The SMILES string of the molecule is CCc1ccc2c(c1)C1(NC(Cc3ccc(O)c(O)c3)C3C(=O)N(c4ccc5c(c4)OCCO5)C(=O)C31)C(=O)N2. The zero-order chi connectivity index (χ0) is 27.8. The molecule has 4 aliphatic heterocycles. The van der Waals surface area contributed by atoms with Gasteiger partial charge < -0.3 is 25.0 Å². The molecular formula is C30H27N3O7. The minimum absolute atomic E-state index is 0.237. The number of carbonyl (C=O) groups excluding carboxylic acids is 3. The van der Waals surface area contributed by atoms with E-state index in [4.69, 9.17) is 9.47 Å². The third-order valence-corrected chi connectivity index (χ3v) is 8.47. The minimum atomic E-state index is -1.45. The Kier molecular flexibility index (Phi) is 5.33. The summed E-state index contributed by atoms with van der Waals surface area (Å²) >= 11 is 0. The predicted octanol–water partition coefficient (Wildman–Crippen LogP) is 2.60. The van der Waals surface area contributed by atoms with Crippen LogP contribution in [0.2, 0.25) is 0 Å². The van der Waals surface area contributed by atoms with Crippen molar-refractivity contribution in [3.8, 4) is 23.0 Å². The molecule has 3 aromatic rings. The molecule has 0 aliphatic carbocycles. The highest BCUT2D eigenvalue weighted by molar-refractivity contribution is 6.26. The normalized spacial score (nSPS) is 26.3. The van der Waals surface area contributed by atoms with Gasteiger partial charge in [0.05, 0.1) is 17.5 Å². The van der Waals surface area contributed by atoms with Gasteiger partial charge in [0.2, 0.25) is 17.7 Å². The molecule has 0 saturated carbocycles. The van der Waals surface area contributed by atoms with Crippen LogP contribution < -0.4 is 25.0 Å². The number of aromatic hydroxyl groups is 2. The summed E-state index contributed by atoms with van der Waals surface area (Å²) in [5.41, 5.74) is 1.79. The zero-order valence-corrected chi connectivity index (χ0v) is 21.6. The molecule has 4 aliphatic rings. The number of rotatable bonds is 4. The number of carbonyl (C=O) groups is 3. The highest BCUT2D eigenvalue weighted by atomic mass is 16.6. The summed E-state index contributed by atoms with van der Waals surface area (Å²) in [6, 6.07) is 14.5. The molecule has 2 fully saturated rings. The Bertz CT molecular complexity index is 1600. The monoisotopic (exact) mass is 541 g/mol. The van der Waals surface area contributed by atoms with Crippen molar-refractivity contribution < 1.29 is 34.1 Å². The fourth-order valence-corrected chi connectivity index (χ4v) is 6.62. The molecule has 4 heterocycles. The van der Waals surface area contributed by atoms with Crippen LogP contribution in [0, 0.1) is 11.8 Å². The fraction of sp³-hybridized carbons (Fsp3) is 0.300. The Morgan fingerprint density at radius 2 is 1.68 bits per heavy atom. The van der Waals surface area contributed by atoms with Crippen molar-refractivity contribution in [1.82, 2.24) is 5.32 Å². The standard InChI is InChI=1S/C30H27N3O7/c1-2-15-3-6-19-18(11-15)30(29(38)31-19)26-25(20(32-30)12-16-4-7-21(34)22(35)13-16)27(36)33(28(26)37)17-5-8-23-24(14-17)40-10-9-39-23/h3-8,11,13-14,20,25-26,32,34-35H,2,9-10,12H2,1H3,(H,31,38). The molecule has 204 valence electrons. The van der Waals surface area contributed by atoms with Crippen molar-refractivity contribution in [2.24, 2.45) is 11.8 Å². The van der Waals surface area contributed by atoms with E-state index in [2.05, 4.69) is 10.6 Å². The number of hydrogen-bond acceptors (Lipinski definition) is 8. The second-order valence-corrected chi connectivity index (χ2v) is 10.6. The Hall–Kier alpha value is -4.57. The second kappa shape index (κ2) is 8.72. The first-order chi connectivity index (χ1) is 19.3. The summed E-state index contributed by atoms with van der Waals surface area (Å²) in [4.78, 5) is 43.4. The maximum absolute atomic E-state index is 14.3. The smallest absolute Gasteiger partial charge is 0.250 e. The number of nitrogens with zero attached hydrogens (tertiary/aromatic N) is 1. The van der Waals surface area contributed by atoms with Crippen LogP contribution in [0.4, 0.5) is 11.4 Å². The van der Waals surface area contributed by atoms with Gasteiger partial charge in [-0.05, 0) is 54.3 Å². The summed E-state index contributed by atoms with van der Waals surface area (Å²) in [5, 5.41) is 26.2. The van der Waals surface area contributed by atoms with Gasteiger partial charge in [0.1, 0.15) is 18.8 Å². The number of phenols is 2. The van der Waals surface area contributed by atoms with Gasteiger partial charge in [0, 0.05) is 23.4 Å². The van der Waals surface area contributed by atoms with Gasteiger partial charge in [-0.3, -0.25) is 19.7 Å². The highest BCUT2D eigenvalue weighted by Gasteiger charge is 2.70. The van der Waals surface area contributed by atoms with E-state index < -0.39 is 35.2 Å². The van der Waals surface area contributed by atoms with Crippen LogP contribution in [0.3, 0.4) is 0 Å².